The lowest BCUT2D eigenvalue weighted by molar-refractivity contribution is 0.228. The molecule has 1 aliphatic heterocycles. The van der Waals surface area contributed by atoms with Crippen LogP contribution in [0.2, 0.25) is 0 Å². The molecular weight excluding hydrogens is 270 g/mol. The largest absolute Gasteiger partial charge is 0.370 e. The van der Waals surface area contributed by atoms with Crippen molar-refractivity contribution in [2.75, 3.05) is 23.7 Å². The van der Waals surface area contributed by atoms with Gasteiger partial charge in [0.1, 0.15) is 0 Å². The van der Waals surface area contributed by atoms with Gasteiger partial charge in [-0.3, -0.25) is 4.79 Å². The average Bonchev–Trinajstić information content (AvgIpc) is 2.89. The van der Waals surface area contributed by atoms with Crippen molar-refractivity contribution in [3.63, 3.8) is 0 Å². The third-order valence-electron chi connectivity index (χ3n) is 4.16. The predicted octanol–water partition coefficient (Wildman–Crippen LogP) is 2.44. The topological polar surface area (TPSA) is 38.1 Å². The molecule has 1 fully saturated rings. The number of aromatic nitrogens is 2. The van der Waals surface area contributed by atoms with Crippen LogP contribution >= 0.6 is 12.6 Å². The van der Waals surface area contributed by atoms with Gasteiger partial charge in [-0.1, -0.05) is 20.8 Å². The fourth-order valence-corrected chi connectivity index (χ4v) is 3.19. The molecule has 0 N–H and O–H groups in total. The summed E-state index contributed by atoms with van der Waals surface area (Å²) in [4.78, 5) is 14.5. The van der Waals surface area contributed by atoms with E-state index in [4.69, 9.17) is 0 Å². The number of hydrogen-bond acceptors (Lipinski definition) is 4. The predicted molar refractivity (Wildman–Crippen MR) is 86.7 cm³/mol. The standard InChI is InChI=1S/C15H25N3OS/c1-15(2,3)12(11-20)10-18-14(19)8-13(9-16-18)17-6-4-5-7-17/h8-9,12,20H,4-7,10-11H2,1-3H3. The highest BCUT2D eigenvalue weighted by atomic mass is 32.1. The molecule has 0 aromatic carbocycles. The summed E-state index contributed by atoms with van der Waals surface area (Å²) < 4.78 is 1.58. The summed E-state index contributed by atoms with van der Waals surface area (Å²) in [5, 5.41) is 4.35. The van der Waals surface area contributed by atoms with Gasteiger partial charge < -0.3 is 4.90 Å². The minimum absolute atomic E-state index is 0.00886. The lowest BCUT2D eigenvalue weighted by Crippen LogP contribution is -2.33. The van der Waals surface area contributed by atoms with E-state index in [0.717, 1.165) is 24.5 Å². The highest BCUT2D eigenvalue weighted by Crippen LogP contribution is 2.27. The van der Waals surface area contributed by atoms with Gasteiger partial charge in [-0.25, -0.2) is 4.68 Å². The lowest BCUT2D eigenvalue weighted by Gasteiger charge is -2.29. The van der Waals surface area contributed by atoms with E-state index in [0.29, 0.717) is 12.5 Å². The fraction of sp³-hybridized carbons (Fsp3) is 0.733. The van der Waals surface area contributed by atoms with E-state index in [1.807, 2.05) is 6.20 Å². The van der Waals surface area contributed by atoms with Crippen molar-refractivity contribution < 1.29 is 0 Å². The van der Waals surface area contributed by atoms with Gasteiger partial charge in [0.25, 0.3) is 5.56 Å². The summed E-state index contributed by atoms with van der Waals surface area (Å²) in [7, 11) is 0. The molecule has 4 nitrogen and oxygen atoms in total. The molecule has 1 atom stereocenters. The maximum atomic E-state index is 12.2. The minimum atomic E-state index is -0.00886. The summed E-state index contributed by atoms with van der Waals surface area (Å²) in [5.41, 5.74) is 1.07. The Labute approximate surface area is 126 Å². The van der Waals surface area contributed by atoms with Crippen molar-refractivity contribution in [3.05, 3.63) is 22.6 Å². The first-order valence-electron chi connectivity index (χ1n) is 7.35. The Morgan fingerprint density at radius 2 is 2.00 bits per heavy atom. The van der Waals surface area contributed by atoms with Gasteiger partial charge in [0.2, 0.25) is 0 Å². The van der Waals surface area contributed by atoms with E-state index in [9.17, 15) is 4.79 Å². The van der Waals surface area contributed by atoms with Crippen molar-refractivity contribution in [3.8, 4) is 0 Å². The molecule has 2 heterocycles. The smallest absolute Gasteiger partial charge is 0.268 e. The molecule has 0 saturated carbocycles. The molecule has 112 valence electrons. The number of anilines is 1. The lowest BCUT2D eigenvalue weighted by atomic mass is 9.82. The van der Waals surface area contributed by atoms with Gasteiger partial charge in [0.05, 0.1) is 11.9 Å². The zero-order valence-electron chi connectivity index (χ0n) is 12.7. The van der Waals surface area contributed by atoms with Gasteiger partial charge in [0, 0.05) is 25.7 Å². The molecule has 1 saturated heterocycles. The van der Waals surface area contributed by atoms with E-state index >= 15 is 0 Å². The van der Waals surface area contributed by atoms with Gasteiger partial charge in [-0.15, -0.1) is 0 Å². The first-order chi connectivity index (χ1) is 9.41. The molecule has 0 aliphatic carbocycles. The Balaban J connectivity index is 2.15. The molecule has 20 heavy (non-hydrogen) atoms. The van der Waals surface area contributed by atoms with Crippen LogP contribution < -0.4 is 10.5 Å². The van der Waals surface area contributed by atoms with Crippen molar-refractivity contribution in [2.24, 2.45) is 11.3 Å². The van der Waals surface area contributed by atoms with Crippen LogP contribution in [0.5, 0.6) is 0 Å². The summed E-state index contributed by atoms with van der Waals surface area (Å²) in [6.45, 7) is 9.23. The number of hydrogen-bond donors (Lipinski definition) is 1. The highest BCUT2D eigenvalue weighted by molar-refractivity contribution is 7.80. The summed E-state index contributed by atoms with van der Waals surface area (Å²) in [6.07, 6.45) is 4.23. The number of rotatable bonds is 4. The summed E-state index contributed by atoms with van der Waals surface area (Å²) in [5.74, 6) is 1.08. The van der Waals surface area contributed by atoms with E-state index in [1.165, 1.54) is 12.8 Å². The third kappa shape index (κ3) is 3.57. The van der Waals surface area contributed by atoms with E-state index < -0.39 is 0 Å². The number of nitrogens with zero attached hydrogens (tertiary/aromatic N) is 3. The van der Waals surface area contributed by atoms with Crippen LogP contribution in [0.25, 0.3) is 0 Å². The molecule has 1 aliphatic rings. The van der Waals surface area contributed by atoms with E-state index in [1.54, 1.807) is 10.7 Å². The Morgan fingerprint density at radius 3 is 2.50 bits per heavy atom. The van der Waals surface area contributed by atoms with Crippen molar-refractivity contribution in [1.82, 2.24) is 9.78 Å². The number of thiol groups is 1. The molecule has 0 radical (unpaired) electrons. The monoisotopic (exact) mass is 295 g/mol. The molecule has 0 spiro atoms. The molecule has 1 aromatic rings. The molecule has 2 rings (SSSR count). The molecular formula is C15H25N3OS. The maximum Gasteiger partial charge on any atom is 0.268 e. The Bertz CT molecular complexity index is 501. The van der Waals surface area contributed by atoms with Crippen LogP contribution in [0.3, 0.4) is 0 Å². The van der Waals surface area contributed by atoms with Crippen molar-refractivity contribution in [2.45, 2.75) is 40.2 Å². The summed E-state index contributed by atoms with van der Waals surface area (Å²) >= 11 is 4.41. The fourth-order valence-electron chi connectivity index (χ4n) is 2.52. The van der Waals surface area contributed by atoms with Crippen molar-refractivity contribution in [1.29, 1.82) is 0 Å². The minimum Gasteiger partial charge on any atom is -0.370 e. The Morgan fingerprint density at radius 1 is 1.35 bits per heavy atom. The normalized spacial score (nSPS) is 17.5. The molecule has 0 bridgehead atoms. The van der Waals surface area contributed by atoms with E-state index in [-0.39, 0.29) is 11.0 Å². The average molecular weight is 295 g/mol. The van der Waals surface area contributed by atoms with Crippen LogP contribution in [0.4, 0.5) is 5.69 Å². The SMILES string of the molecule is CC(C)(C)C(CS)Cn1ncc(N2CCCC2)cc1=O. The summed E-state index contributed by atoms with van der Waals surface area (Å²) in [6, 6.07) is 1.72. The Hall–Kier alpha value is -0.970. The second-order valence-electron chi connectivity index (χ2n) is 6.67. The molecule has 1 unspecified atom stereocenters. The first kappa shape index (κ1) is 15.4. The van der Waals surface area contributed by atoms with Crippen LogP contribution in [0.15, 0.2) is 17.1 Å². The van der Waals surface area contributed by atoms with Gasteiger partial charge in [-0.2, -0.15) is 17.7 Å². The molecule has 0 amide bonds. The zero-order valence-corrected chi connectivity index (χ0v) is 13.6. The van der Waals surface area contributed by atoms with Gasteiger partial charge in [0.15, 0.2) is 0 Å². The van der Waals surface area contributed by atoms with Crippen LogP contribution in [-0.2, 0) is 6.54 Å². The van der Waals surface area contributed by atoms with Crippen molar-refractivity contribution >= 4 is 18.3 Å². The highest BCUT2D eigenvalue weighted by Gasteiger charge is 2.24. The maximum absolute atomic E-state index is 12.2. The molecule has 5 heteroatoms. The molecule has 1 aromatic heterocycles. The van der Waals surface area contributed by atoms with Gasteiger partial charge in [-0.05, 0) is 29.9 Å². The van der Waals surface area contributed by atoms with E-state index in [2.05, 4.69) is 43.4 Å². The first-order valence-corrected chi connectivity index (χ1v) is 7.98. The second-order valence-corrected chi connectivity index (χ2v) is 7.04. The second kappa shape index (κ2) is 6.20. The van der Waals surface area contributed by atoms with Crippen LogP contribution in [-0.4, -0.2) is 28.6 Å². The zero-order chi connectivity index (χ0) is 14.8. The quantitative estimate of drug-likeness (QED) is 0.867. The van der Waals surface area contributed by atoms with Crippen LogP contribution in [0.1, 0.15) is 33.6 Å². The van der Waals surface area contributed by atoms with Crippen LogP contribution in [0, 0.1) is 11.3 Å². The van der Waals surface area contributed by atoms with Gasteiger partial charge >= 0.3 is 0 Å². The third-order valence-corrected chi connectivity index (χ3v) is 4.61. The Kier molecular flexibility index (Phi) is 4.78.